The molecule has 0 bridgehead atoms. The van der Waals surface area contributed by atoms with Crippen molar-refractivity contribution < 1.29 is 14.7 Å². The first-order valence-corrected chi connectivity index (χ1v) is 7.34. The SMILES string of the molecule is CN(Cc1ccsc1)C(=O)Cn1cc(CCC(=O)O)nn1. The molecule has 1 N–H and O–H groups in total. The van der Waals surface area contributed by atoms with E-state index in [9.17, 15) is 9.59 Å². The number of hydrogen-bond acceptors (Lipinski definition) is 5. The van der Waals surface area contributed by atoms with Crippen molar-refractivity contribution in [3.05, 3.63) is 34.3 Å². The van der Waals surface area contributed by atoms with Gasteiger partial charge < -0.3 is 10.0 Å². The van der Waals surface area contributed by atoms with Gasteiger partial charge in [-0.1, -0.05) is 5.21 Å². The number of thiophene rings is 1. The van der Waals surface area contributed by atoms with Crippen LogP contribution in [0.15, 0.2) is 23.0 Å². The molecule has 2 rings (SSSR count). The number of likely N-dealkylation sites (N-methyl/N-ethyl adjacent to an activating group) is 1. The van der Waals surface area contributed by atoms with E-state index in [0.29, 0.717) is 18.7 Å². The second kappa shape index (κ2) is 6.98. The Kier molecular flexibility index (Phi) is 5.04. The molecule has 0 radical (unpaired) electrons. The van der Waals surface area contributed by atoms with Crippen LogP contribution in [0.2, 0.25) is 0 Å². The monoisotopic (exact) mass is 308 g/mol. The summed E-state index contributed by atoms with van der Waals surface area (Å²) in [5.74, 6) is -0.952. The molecule has 2 aromatic heterocycles. The third-order valence-corrected chi connectivity index (χ3v) is 3.64. The fourth-order valence-electron chi connectivity index (χ4n) is 1.77. The molecule has 2 aromatic rings. The van der Waals surface area contributed by atoms with Gasteiger partial charge in [-0.3, -0.25) is 9.59 Å². The number of nitrogens with zero attached hydrogens (tertiary/aromatic N) is 4. The number of carboxylic acids is 1. The van der Waals surface area contributed by atoms with E-state index in [1.165, 1.54) is 4.68 Å². The van der Waals surface area contributed by atoms with Crippen LogP contribution in [0.4, 0.5) is 0 Å². The molecule has 0 spiro atoms. The summed E-state index contributed by atoms with van der Waals surface area (Å²) in [5, 5.41) is 20.3. The highest BCUT2D eigenvalue weighted by atomic mass is 32.1. The molecule has 8 heteroatoms. The predicted molar refractivity (Wildman–Crippen MR) is 76.8 cm³/mol. The molecule has 0 aliphatic rings. The Morgan fingerprint density at radius 3 is 2.95 bits per heavy atom. The number of carboxylic acid groups (broad SMARTS) is 1. The van der Waals surface area contributed by atoms with Crippen LogP contribution < -0.4 is 0 Å². The van der Waals surface area contributed by atoms with Crippen molar-refractivity contribution >= 4 is 23.2 Å². The standard InChI is InChI=1S/C13H16N4O3S/c1-16(6-10-4-5-21-9-10)12(18)8-17-7-11(14-15-17)2-3-13(19)20/h4-5,7,9H,2-3,6,8H2,1H3,(H,19,20). The third-order valence-electron chi connectivity index (χ3n) is 2.90. The number of amides is 1. The molecule has 0 saturated carbocycles. The lowest BCUT2D eigenvalue weighted by molar-refractivity contribution is -0.137. The molecule has 0 atom stereocenters. The molecular formula is C13H16N4O3S. The van der Waals surface area contributed by atoms with Crippen molar-refractivity contribution in [3.8, 4) is 0 Å². The second-order valence-corrected chi connectivity index (χ2v) is 5.46. The van der Waals surface area contributed by atoms with Crippen LogP contribution in [-0.2, 0) is 29.1 Å². The molecule has 21 heavy (non-hydrogen) atoms. The zero-order valence-electron chi connectivity index (χ0n) is 11.6. The summed E-state index contributed by atoms with van der Waals surface area (Å²) in [4.78, 5) is 24.2. The van der Waals surface area contributed by atoms with Crippen LogP contribution in [0.3, 0.4) is 0 Å². The third kappa shape index (κ3) is 4.67. The number of carbonyl (C=O) groups is 2. The zero-order valence-corrected chi connectivity index (χ0v) is 12.4. The van der Waals surface area contributed by atoms with E-state index in [0.717, 1.165) is 5.56 Å². The molecule has 0 aliphatic heterocycles. The molecule has 0 aromatic carbocycles. The van der Waals surface area contributed by atoms with Gasteiger partial charge in [-0.15, -0.1) is 5.10 Å². The van der Waals surface area contributed by atoms with E-state index in [1.54, 1.807) is 29.5 Å². The van der Waals surface area contributed by atoms with Crippen molar-refractivity contribution in [2.75, 3.05) is 7.05 Å². The van der Waals surface area contributed by atoms with E-state index in [4.69, 9.17) is 5.11 Å². The average molecular weight is 308 g/mol. The van der Waals surface area contributed by atoms with E-state index >= 15 is 0 Å². The van der Waals surface area contributed by atoms with Crippen LogP contribution in [0.5, 0.6) is 0 Å². The largest absolute Gasteiger partial charge is 0.481 e. The quantitative estimate of drug-likeness (QED) is 0.825. The Morgan fingerprint density at radius 2 is 2.29 bits per heavy atom. The summed E-state index contributed by atoms with van der Waals surface area (Å²) in [6.45, 7) is 0.656. The van der Waals surface area contributed by atoms with Gasteiger partial charge in [-0.25, -0.2) is 4.68 Å². The van der Waals surface area contributed by atoms with E-state index in [-0.39, 0.29) is 18.9 Å². The Morgan fingerprint density at radius 1 is 1.48 bits per heavy atom. The predicted octanol–water partition coefficient (Wildman–Crippen LogP) is 1.02. The number of hydrogen-bond donors (Lipinski definition) is 1. The Bertz CT molecular complexity index is 609. The summed E-state index contributed by atoms with van der Waals surface area (Å²) in [6.07, 6.45) is 1.93. The maximum Gasteiger partial charge on any atom is 0.303 e. The lowest BCUT2D eigenvalue weighted by Gasteiger charge is -2.16. The first kappa shape index (κ1) is 15.2. The van der Waals surface area contributed by atoms with Gasteiger partial charge in [0.15, 0.2) is 0 Å². The van der Waals surface area contributed by atoms with Crippen LogP contribution in [0, 0.1) is 0 Å². The van der Waals surface area contributed by atoms with Gasteiger partial charge in [-0.05, 0) is 22.4 Å². The van der Waals surface area contributed by atoms with Crippen LogP contribution in [0.25, 0.3) is 0 Å². The minimum atomic E-state index is -0.879. The minimum absolute atomic E-state index is 0.00466. The fraction of sp³-hybridized carbons (Fsp3) is 0.385. The molecule has 0 aliphatic carbocycles. The number of aromatic nitrogens is 3. The van der Waals surface area contributed by atoms with Gasteiger partial charge >= 0.3 is 5.97 Å². The van der Waals surface area contributed by atoms with Crippen molar-refractivity contribution in [2.45, 2.75) is 25.9 Å². The topological polar surface area (TPSA) is 88.3 Å². The molecule has 0 fully saturated rings. The Hall–Kier alpha value is -2.22. The maximum atomic E-state index is 12.1. The van der Waals surface area contributed by atoms with E-state index in [2.05, 4.69) is 10.3 Å². The Balaban J connectivity index is 1.85. The molecule has 7 nitrogen and oxygen atoms in total. The molecule has 112 valence electrons. The first-order chi connectivity index (χ1) is 10.0. The van der Waals surface area contributed by atoms with Gasteiger partial charge in [0, 0.05) is 26.2 Å². The van der Waals surface area contributed by atoms with Gasteiger partial charge in [-0.2, -0.15) is 11.3 Å². The molecular weight excluding hydrogens is 292 g/mol. The zero-order chi connectivity index (χ0) is 15.2. The van der Waals surface area contributed by atoms with E-state index in [1.807, 2.05) is 16.8 Å². The number of carbonyl (C=O) groups excluding carboxylic acids is 1. The summed E-state index contributed by atoms with van der Waals surface area (Å²) in [5.41, 5.74) is 1.67. The van der Waals surface area contributed by atoms with Crippen LogP contribution in [-0.4, -0.2) is 43.9 Å². The summed E-state index contributed by atoms with van der Waals surface area (Å²) < 4.78 is 1.43. The number of rotatable bonds is 7. The highest BCUT2D eigenvalue weighted by Crippen LogP contribution is 2.08. The molecule has 1 amide bonds. The molecule has 0 unspecified atom stereocenters. The fourth-order valence-corrected chi connectivity index (χ4v) is 2.43. The van der Waals surface area contributed by atoms with Crippen molar-refractivity contribution in [1.29, 1.82) is 0 Å². The smallest absolute Gasteiger partial charge is 0.303 e. The van der Waals surface area contributed by atoms with Crippen LogP contribution >= 0.6 is 11.3 Å². The molecule has 2 heterocycles. The summed E-state index contributed by atoms with van der Waals surface area (Å²) >= 11 is 1.59. The van der Waals surface area contributed by atoms with Gasteiger partial charge in [0.2, 0.25) is 5.91 Å². The number of aryl methyl sites for hydroxylation is 1. The van der Waals surface area contributed by atoms with Gasteiger partial charge in [0.1, 0.15) is 6.54 Å². The summed E-state index contributed by atoms with van der Waals surface area (Å²) in [7, 11) is 1.74. The summed E-state index contributed by atoms with van der Waals surface area (Å²) in [6, 6.07) is 1.98. The second-order valence-electron chi connectivity index (χ2n) is 4.68. The minimum Gasteiger partial charge on any atom is -0.481 e. The van der Waals surface area contributed by atoms with Gasteiger partial charge in [0.05, 0.1) is 12.1 Å². The Labute approximate surface area is 125 Å². The van der Waals surface area contributed by atoms with Crippen molar-refractivity contribution in [3.63, 3.8) is 0 Å². The highest BCUT2D eigenvalue weighted by molar-refractivity contribution is 7.07. The first-order valence-electron chi connectivity index (χ1n) is 6.40. The maximum absolute atomic E-state index is 12.1. The lowest BCUT2D eigenvalue weighted by Crippen LogP contribution is -2.29. The van der Waals surface area contributed by atoms with Crippen LogP contribution in [0.1, 0.15) is 17.7 Å². The number of aliphatic carboxylic acids is 1. The highest BCUT2D eigenvalue weighted by Gasteiger charge is 2.12. The normalized spacial score (nSPS) is 10.5. The molecule has 0 saturated heterocycles. The lowest BCUT2D eigenvalue weighted by atomic mass is 10.2. The van der Waals surface area contributed by atoms with Crippen molar-refractivity contribution in [1.82, 2.24) is 19.9 Å². The van der Waals surface area contributed by atoms with Crippen molar-refractivity contribution in [2.24, 2.45) is 0 Å². The van der Waals surface area contributed by atoms with Gasteiger partial charge in [0.25, 0.3) is 0 Å². The van der Waals surface area contributed by atoms with E-state index < -0.39 is 5.97 Å². The average Bonchev–Trinajstić information content (AvgIpc) is 3.08.